The largest absolute Gasteiger partial charge is 0.462 e. The van der Waals surface area contributed by atoms with Crippen LogP contribution in [0.5, 0.6) is 0 Å². The Morgan fingerprint density at radius 2 is 1.68 bits per heavy atom. The molecule has 1 heterocycles. The Morgan fingerprint density at radius 1 is 0.962 bits per heavy atom. The fraction of sp³-hybridized carbons (Fsp3) is 0.745. The average Bonchev–Trinajstić information content (AvgIpc) is 3.59. The van der Waals surface area contributed by atoms with Crippen molar-refractivity contribution in [2.75, 3.05) is 6.61 Å². The average molecular weight is 729 g/mol. The van der Waals surface area contributed by atoms with Gasteiger partial charge in [-0.2, -0.15) is 0 Å². The lowest BCUT2D eigenvalue weighted by Gasteiger charge is -2.74. The van der Waals surface area contributed by atoms with E-state index < -0.39 is 22.5 Å². The molecule has 292 valence electrons. The molecule has 1 spiro atoms. The molecule has 7 rings (SSSR count). The van der Waals surface area contributed by atoms with E-state index in [1.165, 1.54) is 31.2 Å². The molecule has 5 aliphatic carbocycles. The molecule has 1 aromatic carbocycles. The molecule has 6 nitrogen and oxygen atoms in total. The Morgan fingerprint density at radius 3 is 2.38 bits per heavy atom. The van der Waals surface area contributed by atoms with Crippen LogP contribution in [-0.2, 0) is 25.5 Å². The van der Waals surface area contributed by atoms with Crippen molar-refractivity contribution < 1.29 is 29.3 Å². The fourth-order valence-corrected chi connectivity index (χ4v) is 13.1. The normalized spacial score (nSPS) is 38.1. The molecule has 9 atom stereocenters. The second-order valence-corrected chi connectivity index (χ2v) is 19.0. The number of aliphatic hydroxyl groups is 2. The molecule has 4 saturated carbocycles. The van der Waals surface area contributed by atoms with Gasteiger partial charge in [-0.3, -0.25) is 4.79 Å². The molecule has 6 heteroatoms. The maximum atomic E-state index is 14.2. The molecular formula is C47H68O6. The van der Waals surface area contributed by atoms with Crippen LogP contribution in [0.2, 0.25) is 0 Å². The van der Waals surface area contributed by atoms with Crippen LogP contribution in [0, 0.1) is 45.8 Å². The highest BCUT2D eigenvalue weighted by Gasteiger charge is 2.78. The number of rotatable bonds is 13. The number of benzene rings is 1. The van der Waals surface area contributed by atoms with E-state index in [0.717, 1.165) is 82.6 Å². The first kappa shape index (κ1) is 38.8. The van der Waals surface area contributed by atoms with Gasteiger partial charge in [0.05, 0.1) is 17.6 Å². The summed E-state index contributed by atoms with van der Waals surface area (Å²) < 4.78 is 12.2. The molecule has 2 bridgehead atoms. The minimum atomic E-state index is -1.27. The lowest BCUT2D eigenvalue weighted by molar-refractivity contribution is -0.332. The second kappa shape index (κ2) is 16.0. The first-order valence-electron chi connectivity index (χ1n) is 21.7. The highest BCUT2D eigenvalue weighted by atomic mass is 16.5. The van der Waals surface area contributed by atoms with Gasteiger partial charge in [0, 0.05) is 22.8 Å². The highest BCUT2D eigenvalue weighted by molar-refractivity contribution is 5.85. The Bertz CT molecular complexity index is 1490. The number of fused-ring (bicyclic) bond motifs is 1. The number of hydrogen-bond acceptors (Lipinski definition) is 6. The Hall–Kier alpha value is -2.44. The number of carbonyl (C=O) groups excluding carboxylic acids is 2. The maximum absolute atomic E-state index is 14.2. The topological polar surface area (TPSA) is 93.1 Å². The number of ether oxygens (including phenoxy) is 2. The van der Waals surface area contributed by atoms with Crippen LogP contribution in [0.4, 0.5) is 0 Å². The van der Waals surface area contributed by atoms with Crippen molar-refractivity contribution in [1.82, 2.24) is 0 Å². The summed E-state index contributed by atoms with van der Waals surface area (Å²) in [5.74, 6) is 0.304. The van der Waals surface area contributed by atoms with E-state index in [1.807, 2.05) is 0 Å². The van der Waals surface area contributed by atoms with Gasteiger partial charge in [-0.25, -0.2) is 4.79 Å². The van der Waals surface area contributed by atoms with E-state index in [1.54, 1.807) is 6.08 Å². The van der Waals surface area contributed by atoms with Gasteiger partial charge < -0.3 is 19.7 Å². The smallest absolute Gasteiger partial charge is 0.331 e. The van der Waals surface area contributed by atoms with Gasteiger partial charge in [-0.05, 0) is 111 Å². The minimum Gasteiger partial charge on any atom is -0.462 e. The van der Waals surface area contributed by atoms with Crippen molar-refractivity contribution in [2.24, 2.45) is 45.8 Å². The van der Waals surface area contributed by atoms with Gasteiger partial charge in [0.1, 0.15) is 12.7 Å². The van der Waals surface area contributed by atoms with Crippen LogP contribution in [0.3, 0.4) is 0 Å². The summed E-state index contributed by atoms with van der Waals surface area (Å²) >= 11 is 0. The number of allylic oxidation sites excluding steroid dienone is 1. The zero-order chi connectivity index (χ0) is 37.3. The zero-order valence-electron chi connectivity index (χ0n) is 33.0. The van der Waals surface area contributed by atoms with E-state index in [2.05, 4.69) is 63.3 Å². The van der Waals surface area contributed by atoms with Gasteiger partial charge in [0.15, 0.2) is 0 Å². The van der Waals surface area contributed by atoms with Crippen molar-refractivity contribution in [1.29, 1.82) is 0 Å². The maximum Gasteiger partial charge on any atom is 0.331 e. The van der Waals surface area contributed by atoms with Crippen molar-refractivity contribution in [3.05, 3.63) is 59.7 Å². The van der Waals surface area contributed by atoms with E-state index >= 15 is 0 Å². The number of aliphatic hydroxyl groups excluding tert-OH is 1. The van der Waals surface area contributed by atoms with Crippen molar-refractivity contribution in [3.8, 4) is 0 Å². The zero-order valence-corrected chi connectivity index (χ0v) is 33.0. The lowest BCUT2D eigenvalue weighted by Crippen LogP contribution is -2.79. The highest BCUT2D eigenvalue weighted by Crippen LogP contribution is 2.74. The summed E-state index contributed by atoms with van der Waals surface area (Å²) in [4.78, 5) is 26.4. The van der Waals surface area contributed by atoms with Crippen molar-refractivity contribution in [2.45, 2.75) is 167 Å². The van der Waals surface area contributed by atoms with Crippen molar-refractivity contribution in [3.63, 3.8) is 0 Å². The fourth-order valence-electron chi connectivity index (χ4n) is 13.1. The summed E-state index contributed by atoms with van der Waals surface area (Å²) in [6, 6.07) is 10.7. The van der Waals surface area contributed by atoms with E-state index in [4.69, 9.17) is 9.47 Å². The van der Waals surface area contributed by atoms with E-state index in [0.29, 0.717) is 37.5 Å². The van der Waals surface area contributed by atoms with Crippen LogP contribution in [0.25, 0.3) is 0 Å². The van der Waals surface area contributed by atoms with Gasteiger partial charge in [-0.15, -0.1) is 0 Å². The summed E-state index contributed by atoms with van der Waals surface area (Å²) in [6.45, 7) is 7.26. The molecule has 53 heavy (non-hydrogen) atoms. The summed E-state index contributed by atoms with van der Waals surface area (Å²) in [5.41, 5.74) is -0.774. The number of esters is 2. The van der Waals surface area contributed by atoms with Crippen LogP contribution < -0.4 is 0 Å². The third-order valence-corrected chi connectivity index (χ3v) is 16.0. The quantitative estimate of drug-likeness (QED) is 0.155. The minimum absolute atomic E-state index is 0.0534. The van der Waals surface area contributed by atoms with Gasteiger partial charge >= 0.3 is 11.9 Å². The van der Waals surface area contributed by atoms with Crippen molar-refractivity contribution >= 4 is 11.9 Å². The third-order valence-electron chi connectivity index (χ3n) is 16.0. The molecule has 0 amide bonds. The van der Waals surface area contributed by atoms with Crippen LogP contribution in [-0.4, -0.2) is 46.6 Å². The first-order valence-corrected chi connectivity index (χ1v) is 21.7. The molecule has 2 N–H and O–H groups in total. The lowest BCUT2D eigenvalue weighted by atomic mass is 9.32. The molecule has 0 unspecified atom stereocenters. The third kappa shape index (κ3) is 7.23. The summed E-state index contributed by atoms with van der Waals surface area (Å²) in [7, 11) is 0. The predicted molar refractivity (Wildman–Crippen MR) is 209 cm³/mol. The number of aryl methyl sites for hydroxylation is 1. The predicted octanol–water partition coefficient (Wildman–Crippen LogP) is 9.85. The van der Waals surface area contributed by atoms with Crippen LogP contribution in [0.1, 0.15) is 148 Å². The number of cyclic esters (lactones) is 1. The Kier molecular flexibility index (Phi) is 11.7. The molecule has 4 fully saturated rings. The Labute approximate surface area is 319 Å². The number of hydrogen-bond donors (Lipinski definition) is 2. The summed E-state index contributed by atoms with van der Waals surface area (Å²) in [6.07, 6.45) is 24.6. The van der Waals surface area contributed by atoms with Gasteiger partial charge in [-0.1, -0.05) is 115 Å². The molecular weight excluding hydrogens is 661 g/mol. The molecule has 1 aliphatic heterocycles. The second-order valence-electron chi connectivity index (χ2n) is 19.0. The first-order chi connectivity index (χ1) is 25.5. The van der Waals surface area contributed by atoms with E-state index in [9.17, 15) is 19.8 Å². The molecule has 0 saturated heterocycles. The van der Waals surface area contributed by atoms with Crippen LogP contribution in [0.15, 0.2) is 54.1 Å². The SMILES string of the molecule is C[C@H](CCCc1ccccc1)CC[C@@H]1C=C[C@@]2(C)C[C@@H](OC(=O)C3CCCCC3)[C@@H]3[C@]1([C@@H](O)CC[C@@]3(C)C1CCCCC1)[C@@]2(O)CCC1=CC(=O)OC1. The molecule has 0 radical (unpaired) electrons. The van der Waals surface area contributed by atoms with Gasteiger partial charge in [0.25, 0.3) is 0 Å². The molecule has 0 aromatic heterocycles. The van der Waals surface area contributed by atoms with E-state index in [-0.39, 0.29) is 47.8 Å². The van der Waals surface area contributed by atoms with Gasteiger partial charge in [0.2, 0.25) is 0 Å². The molecule has 1 aromatic rings. The summed E-state index contributed by atoms with van der Waals surface area (Å²) in [5, 5.41) is 26.8. The standard InChI is InChI=1S/C47H68O6/c1-33(14-13-17-34-15-7-4-8-16-34)22-23-38-25-27-44(2)31-39(53-43(50)36-18-9-5-10-19-36)42-45(3,37-20-11-6-12-21-37)28-26-40(48)47(38,42)46(44,51)29-24-35-30-41(49)52-32-35/h4,7-8,15-16,25,27,30,33,36-40,42,48,51H,5-6,9-14,17-24,26,28-29,31-32H2,1-3H3/t33-,38-,39-,40+,42+,44+,45+,46-,47+/m1/s1. The molecule has 6 aliphatic rings. The number of carbonyl (C=O) groups is 2. The Balaban J connectivity index is 1.27. The van der Waals surface area contributed by atoms with Crippen LogP contribution >= 0.6 is 0 Å². The monoisotopic (exact) mass is 729 g/mol.